The number of hydrogen-bond acceptors (Lipinski definition) is 5. The molecular weight excluding hydrogens is 362 g/mol. The predicted molar refractivity (Wildman–Crippen MR) is 107 cm³/mol. The smallest absolute Gasteiger partial charge is 0.407 e. The first-order valence-corrected chi connectivity index (χ1v) is 9.68. The van der Waals surface area contributed by atoms with Crippen molar-refractivity contribution >= 4 is 18.0 Å². The summed E-state index contributed by atoms with van der Waals surface area (Å²) in [5.41, 5.74) is 1.81. The Hall–Kier alpha value is -2.51. The van der Waals surface area contributed by atoms with E-state index in [1.54, 1.807) is 34.6 Å². The van der Waals surface area contributed by atoms with Gasteiger partial charge in [0.25, 0.3) is 5.91 Å². The van der Waals surface area contributed by atoms with Crippen LogP contribution in [0, 0.1) is 19.8 Å². The van der Waals surface area contributed by atoms with Gasteiger partial charge in [0.1, 0.15) is 5.69 Å². The first kappa shape index (κ1) is 23.5. The molecule has 0 aliphatic heterocycles. The maximum absolute atomic E-state index is 12.6. The van der Waals surface area contributed by atoms with Crippen molar-refractivity contribution in [2.45, 2.75) is 67.0 Å². The summed E-state index contributed by atoms with van der Waals surface area (Å²) in [5, 5.41) is 5.59. The van der Waals surface area contributed by atoms with Gasteiger partial charge in [-0.05, 0) is 52.5 Å². The van der Waals surface area contributed by atoms with E-state index in [9.17, 15) is 14.4 Å². The van der Waals surface area contributed by atoms with E-state index < -0.39 is 12.1 Å². The highest BCUT2D eigenvalue weighted by Crippen LogP contribution is 2.19. The number of ether oxygens (including phenoxy) is 2. The number of carbonyl (C=O) groups excluding carboxylic acids is 3. The highest BCUT2D eigenvalue weighted by atomic mass is 16.5. The van der Waals surface area contributed by atoms with Gasteiger partial charge in [-0.3, -0.25) is 4.79 Å². The second-order valence-corrected chi connectivity index (χ2v) is 7.48. The van der Waals surface area contributed by atoms with E-state index in [-0.39, 0.29) is 31.2 Å². The number of aryl methyl sites for hydroxylation is 1. The van der Waals surface area contributed by atoms with Crippen molar-refractivity contribution < 1.29 is 23.9 Å². The molecule has 1 unspecified atom stereocenters. The Balaban J connectivity index is 2.85. The van der Waals surface area contributed by atoms with Gasteiger partial charge in [-0.15, -0.1) is 0 Å². The summed E-state index contributed by atoms with van der Waals surface area (Å²) < 4.78 is 10.2. The lowest BCUT2D eigenvalue weighted by atomic mass is 10.0. The summed E-state index contributed by atoms with van der Waals surface area (Å²) in [6.07, 6.45) is -0.0643. The number of nitrogens with one attached hydrogen (secondary N) is 3. The maximum atomic E-state index is 12.6. The topological polar surface area (TPSA) is 110 Å². The van der Waals surface area contributed by atoms with Crippen LogP contribution in [0.5, 0.6) is 0 Å². The molecule has 1 aromatic rings. The molecule has 1 aromatic heterocycles. The third-order valence-corrected chi connectivity index (χ3v) is 4.07. The van der Waals surface area contributed by atoms with Gasteiger partial charge in [-0.2, -0.15) is 0 Å². The number of carbonyl (C=O) groups is 3. The summed E-state index contributed by atoms with van der Waals surface area (Å²) in [7, 11) is 0. The molecule has 0 fully saturated rings. The van der Waals surface area contributed by atoms with Crippen LogP contribution in [0.1, 0.15) is 73.1 Å². The maximum Gasteiger partial charge on any atom is 0.407 e. The number of H-pyrrole nitrogens is 1. The summed E-state index contributed by atoms with van der Waals surface area (Å²) in [4.78, 5) is 39.6. The van der Waals surface area contributed by atoms with E-state index in [2.05, 4.69) is 15.6 Å². The third-order valence-electron chi connectivity index (χ3n) is 4.07. The van der Waals surface area contributed by atoms with Gasteiger partial charge in [-0.25, -0.2) is 9.59 Å². The van der Waals surface area contributed by atoms with Gasteiger partial charge in [0.2, 0.25) is 0 Å². The van der Waals surface area contributed by atoms with Crippen LogP contribution in [0.3, 0.4) is 0 Å². The Morgan fingerprint density at radius 2 is 1.75 bits per heavy atom. The first-order chi connectivity index (χ1) is 13.1. The molecule has 0 aromatic carbocycles. The van der Waals surface area contributed by atoms with Crippen LogP contribution in [0.25, 0.3) is 0 Å². The highest BCUT2D eigenvalue weighted by molar-refractivity contribution is 6.00. The van der Waals surface area contributed by atoms with Crippen LogP contribution in [0.15, 0.2) is 0 Å². The van der Waals surface area contributed by atoms with E-state index in [4.69, 9.17) is 9.47 Å². The SMILES string of the molecule is CCOC(=O)NC(CNC(=O)c1[nH]c(C)c(C(=O)OC(C)C)c1C)CC(C)C. The minimum Gasteiger partial charge on any atom is -0.459 e. The number of amides is 2. The van der Waals surface area contributed by atoms with Gasteiger partial charge in [-0.1, -0.05) is 13.8 Å². The first-order valence-electron chi connectivity index (χ1n) is 9.68. The van der Waals surface area contributed by atoms with Crippen molar-refractivity contribution in [1.82, 2.24) is 15.6 Å². The van der Waals surface area contributed by atoms with E-state index in [1.807, 2.05) is 13.8 Å². The zero-order valence-electron chi connectivity index (χ0n) is 17.9. The standard InChI is InChI=1S/C20H33N3O5/c1-8-27-20(26)23-15(9-11(2)3)10-21-18(24)17-13(6)16(14(7)22-17)19(25)28-12(4)5/h11-12,15,22H,8-10H2,1-7H3,(H,21,24)(H,23,26). The largest absolute Gasteiger partial charge is 0.459 e. The van der Waals surface area contributed by atoms with Gasteiger partial charge >= 0.3 is 12.1 Å². The molecule has 0 aliphatic carbocycles. The molecule has 2 amide bonds. The zero-order valence-corrected chi connectivity index (χ0v) is 17.9. The molecule has 0 radical (unpaired) electrons. The molecule has 0 bridgehead atoms. The number of rotatable bonds is 9. The number of hydrogen-bond donors (Lipinski definition) is 3. The fourth-order valence-electron chi connectivity index (χ4n) is 2.96. The fourth-order valence-corrected chi connectivity index (χ4v) is 2.96. The minimum atomic E-state index is -0.506. The van der Waals surface area contributed by atoms with E-state index in [1.165, 1.54) is 0 Å². The summed E-state index contributed by atoms with van der Waals surface area (Å²) in [5.74, 6) is -0.471. The molecule has 0 spiro atoms. The lowest BCUT2D eigenvalue weighted by molar-refractivity contribution is 0.0376. The van der Waals surface area contributed by atoms with Crippen LogP contribution in [-0.4, -0.2) is 48.3 Å². The lowest BCUT2D eigenvalue weighted by Gasteiger charge is -2.20. The quantitative estimate of drug-likeness (QED) is 0.557. The second kappa shape index (κ2) is 10.7. The van der Waals surface area contributed by atoms with Gasteiger partial charge in [0.05, 0.1) is 18.3 Å². The summed E-state index contributed by atoms with van der Waals surface area (Å²) in [6.45, 7) is 13.3. The van der Waals surface area contributed by atoms with Crippen LogP contribution >= 0.6 is 0 Å². The van der Waals surface area contributed by atoms with Crippen LogP contribution in [-0.2, 0) is 9.47 Å². The fraction of sp³-hybridized carbons (Fsp3) is 0.650. The van der Waals surface area contributed by atoms with E-state index in [0.717, 1.165) is 0 Å². The monoisotopic (exact) mass is 395 g/mol. The molecular formula is C20H33N3O5. The van der Waals surface area contributed by atoms with Crippen molar-refractivity contribution in [3.05, 3.63) is 22.5 Å². The minimum absolute atomic E-state index is 0.246. The molecule has 0 saturated heterocycles. The Morgan fingerprint density at radius 1 is 1.11 bits per heavy atom. The molecule has 1 heterocycles. The predicted octanol–water partition coefficient (Wildman–Crippen LogP) is 3.09. The lowest BCUT2D eigenvalue weighted by Crippen LogP contribution is -2.44. The summed E-state index contributed by atoms with van der Waals surface area (Å²) in [6, 6.07) is -0.259. The average molecular weight is 396 g/mol. The van der Waals surface area contributed by atoms with Crippen molar-refractivity contribution in [3.63, 3.8) is 0 Å². The van der Waals surface area contributed by atoms with Gasteiger partial charge in [0.15, 0.2) is 0 Å². The van der Waals surface area contributed by atoms with Crippen molar-refractivity contribution in [2.75, 3.05) is 13.2 Å². The van der Waals surface area contributed by atoms with Crippen LogP contribution < -0.4 is 10.6 Å². The number of esters is 1. The molecule has 0 saturated carbocycles. The highest BCUT2D eigenvalue weighted by Gasteiger charge is 2.24. The van der Waals surface area contributed by atoms with Gasteiger partial charge < -0.3 is 25.1 Å². The van der Waals surface area contributed by atoms with E-state index in [0.29, 0.717) is 34.9 Å². The number of aromatic nitrogens is 1. The molecule has 1 atom stereocenters. The summed E-state index contributed by atoms with van der Waals surface area (Å²) >= 11 is 0. The molecule has 8 nitrogen and oxygen atoms in total. The van der Waals surface area contributed by atoms with Gasteiger partial charge in [0, 0.05) is 18.3 Å². The van der Waals surface area contributed by atoms with Crippen LogP contribution in [0.4, 0.5) is 4.79 Å². The second-order valence-electron chi connectivity index (χ2n) is 7.48. The Labute approximate surface area is 166 Å². The Bertz CT molecular complexity index is 694. The molecule has 8 heteroatoms. The average Bonchev–Trinajstić information content (AvgIpc) is 2.86. The third kappa shape index (κ3) is 6.90. The van der Waals surface area contributed by atoms with Crippen LogP contribution in [0.2, 0.25) is 0 Å². The molecule has 158 valence electrons. The Morgan fingerprint density at radius 3 is 2.29 bits per heavy atom. The molecule has 3 N–H and O–H groups in total. The molecule has 1 rings (SSSR count). The van der Waals surface area contributed by atoms with Crippen molar-refractivity contribution in [3.8, 4) is 0 Å². The van der Waals surface area contributed by atoms with E-state index >= 15 is 0 Å². The molecule has 0 aliphatic rings. The van der Waals surface area contributed by atoms with Crippen molar-refractivity contribution in [2.24, 2.45) is 5.92 Å². The van der Waals surface area contributed by atoms with Crippen molar-refractivity contribution in [1.29, 1.82) is 0 Å². The zero-order chi connectivity index (χ0) is 21.4. The normalized spacial score (nSPS) is 12.0. The number of aromatic amines is 1. The Kier molecular flexibility index (Phi) is 9.02. The number of alkyl carbamates (subject to hydrolysis) is 1. The molecule has 28 heavy (non-hydrogen) atoms.